The number of nitrogens with zero attached hydrogens (tertiary/aromatic N) is 2. The van der Waals surface area contributed by atoms with Crippen molar-refractivity contribution in [2.24, 2.45) is 11.8 Å². The summed E-state index contributed by atoms with van der Waals surface area (Å²) in [5.41, 5.74) is 0. The van der Waals surface area contributed by atoms with E-state index in [1.165, 1.54) is 4.31 Å². The van der Waals surface area contributed by atoms with Crippen LogP contribution in [0.5, 0.6) is 0 Å². The molecule has 2 fully saturated rings. The molecule has 0 saturated carbocycles. The summed E-state index contributed by atoms with van der Waals surface area (Å²) in [6.45, 7) is 4.60. The molecule has 138 valence electrons. The van der Waals surface area contributed by atoms with Gasteiger partial charge in [-0.25, -0.2) is 8.42 Å². The zero-order valence-corrected chi connectivity index (χ0v) is 16.9. The molecular weight excluding hydrogens is 404 g/mol. The van der Waals surface area contributed by atoms with E-state index >= 15 is 0 Å². The van der Waals surface area contributed by atoms with E-state index in [0.29, 0.717) is 19.0 Å². The molecule has 5 nitrogen and oxygen atoms in total. The maximum absolute atomic E-state index is 12.9. The van der Waals surface area contributed by atoms with E-state index in [1.54, 1.807) is 24.3 Å². The van der Waals surface area contributed by atoms with Crippen LogP contribution in [0, 0.1) is 11.8 Å². The lowest BCUT2D eigenvalue weighted by Gasteiger charge is -2.36. The maximum Gasteiger partial charge on any atom is 0.243 e. The number of halogens is 1. The van der Waals surface area contributed by atoms with E-state index in [9.17, 15) is 13.2 Å². The minimum absolute atomic E-state index is 0.127. The van der Waals surface area contributed by atoms with Crippen LogP contribution < -0.4 is 0 Å². The Hall–Kier alpha value is -0.920. The molecule has 0 radical (unpaired) electrons. The number of hydrogen-bond acceptors (Lipinski definition) is 3. The van der Waals surface area contributed by atoms with Crippen molar-refractivity contribution in [2.45, 2.75) is 37.5 Å². The molecule has 1 aromatic rings. The van der Waals surface area contributed by atoms with Crippen molar-refractivity contribution in [1.29, 1.82) is 0 Å². The number of amides is 1. The van der Waals surface area contributed by atoms with Crippen molar-refractivity contribution in [2.75, 3.05) is 26.2 Å². The number of carbonyl (C=O) groups is 1. The Balaban J connectivity index is 1.70. The van der Waals surface area contributed by atoms with Crippen molar-refractivity contribution < 1.29 is 13.2 Å². The smallest absolute Gasteiger partial charge is 0.243 e. The fourth-order valence-electron chi connectivity index (χ4n) is 3.61. The van der Waals surface area contributed by atoms with Gasteiger partial charge in [0.15, 0.2) is 0 Å². The summed E-state index contributed by atoms with van der Waals surface area (Å²) < 4.78 is 28.1. The second-order valence-electron chi connectivity index (χ2n) is 7.16. The molecule has 2 saturated heterocycles. The zero-order valence-electron chi connectivity index (χ0n) is 14.5. The molecule has 1 atom stereocenters. The summed E-state index contributed by atoms with van der Waals surface area (Å²) in [6.07, 6.45) is 3.59. The summed E-state index contributed by atoms with van der Waals surface area (Å²) in [4.78, 5) is 15.0. The molecule has 1 aromatic carbocycles. The number of rotatable bonds is 3. The van der Waals surface area contributed by atoms with E-state index in [2.05, 4.69) is 22.9 Å². The summed E-state index contributed by atoms with van der Waals surface area (Å²) in [5.74, 6) is 0.583. The topological polar surface area (TPSA) is 57.7 Å². The lowest BCUT2D eigenvalue weighted by molar-refractivity contribution is -0.138. The molecule has 0 aliphatic carbocycles. The van der Waals surface area contributed by atoms with Gasteiger partial charge in [0.05, 0.1) is 10.8 Å². The van der Waals surface area contributed by atoms with Crippen LogP contribution in [0.15, 0.2) is 33.6 Å². The lowest BCUT2D eigenvalue weighted by Crippen LogP contribution is -2.48. The standard InChI is InChI=1S/C18H25BrN2O3S/c1-14-8-11-20(12-9-14)18(22)15-3-2-10-21(13-15)25(23,24)17-6-4-16(19)5-7-17/h4-7,14-15H,2-3,8-13H2,1H3/t15-/m0/s1. The van der Waals surface area contributed by atoms with Gasteiger partial charge < -0.3 is 4.90 Å². The van der Waals surface area contributed by atoms with Gasteiger partial charge in [0.2, 0.25) is 15.9 Å². The van der Waals surface area contributed by atoms with Gasteiger partial charge in [-0.2, -0.15) is 4.31 Å². The van der Waals surface area contributed by atoms with Gasteiger partial charge >= 0.3 is 0 Å². The monoisotopic (exact) mass is 428 g/mol. The SMILES string of the molecule is CC1CCN(C(=O)[C@H]2CCCN(S(=O)(=O)c3ccc(Br)cc3)C2)CC1. The van der Waals surface area contributed by atoms with Gasteiger partial charge in [0.1, 0.15) is 0 Å². The largest absolute Gasteiger partial charge is 0.342 e. The van der Waals surface area contributed by atoms with Crippen LogP contribution in [0.4, 0.5) is 0 Å². The van der Waals surface area contributed by atoms with E-state index < -0.39 is 10.0 Å². The van der Waals surface area contributed by atoms with Gasteiger partial charge in [-0.1, -0.05) is 22.9 Å². The Bertz CT molecular complexity index is 712. The van der Waals surface area contributed by atoms with E-state index in [-0.39, 0.29) is 16.7 Å². The van der Waals surface area contributed by atoms with Gasteiger partial charge in [0.25, 0.3) is 0 Å². The average Bonchev–Trinajstić information content (AvgIpc) is 2.62. The maximum atomic E-state index is 12.9. The summed E-state index contributed by atoms with van der Waals surface area (Å²) in [6, 6.07) is 6.68. The van der Waals surface area contributed by atoms with Gasteiger partial charge in [-0.05, 0) is 55.9 Å². The average molecular weight is 429 g/mol. The molecule has 25 heavy (non-hydrogen) atoms. The van der Waals surface area contributed by atoms with Crippen molar-refractivity contribution >= 4 is 31.9 Å². The van der Waals surface area contributed by atoms with Crippen LogP contribution in [0.1, 0.15) is 32.6 Å². The number of likely N-dealkylation sites (tertiary alicyclic amines) is 1. The first-order chi connectivity index (χ1) is 11.9. The van der Waals surface area contributed by atoms with Crippen molar-refractivity contribution in [3.8, 4) is 0 Å². The summed E-state index contributed by atoms with van der Waals surface area (Å²) in [5, 5.41) is 0. The van der Waals surface area contributed by atoms with Crippen molar-refractivity contribution in [1.82, 2.24) is 9.21 Å². The fraction of sp³-hybridized carbons (Fsp3) is 0.611. The first-order valence-electron chi connectivity index (χ1n) is 8.92. The van der Waals surface area contributed by atoms with Gasteiger partial charge in [0, 0.05) is 30.7 Å². The fourth-order valence-corrected chi connectivity index (χ4v) is 5.39. The second kappa shape index (κ2) is 7.76. The third kappa shape index (κ3) is 4.26. The van der Waals surface area contributed by atoms with Gasteiger partial charge in [-0.3, -0.25) is 4.79 Å². The predicted octanol–water partition coefficient (Wildman–Crippen LogP) is 3.11. The highest BCUT2D eigenvalue weighted by atomic mass is 79.9. The molecule has 0 aromatic heterocycles. The number of benzene rings is 1. The van der Waals surface area contributed by atoms with Crippen LogP contribution >= 0.6 is 15.9 Å². The van der Waals surface area contributed by atoms with Crippen LogP contribution in [-0.2, 0) is 14.8 Å². The molecular formula is C18H25BrN2O3S. The quantitative estimate of drug-likeness (QED) is 0.742. The number of piperidine rings is 2. The molecule has 0 unspecified atom stereocenters. The van der Waals surface area contributed by atoms with Crippen LogP contribution in [0.2, 0.25) is 0 Å². The number of carbonyl (C=O) groups excluding carboxylic acids is 1. The summed E-state index contributed by atoms with van der Waals surface area (Å²) >= 11 is 3.33. The van der Waals surface area contributed by atoms with Crippen molar-refractivity contribution in [3.05, 3.63) is 28.7 Å². The molecule has 0 spiro atoms. The Kier molecular flexibility index (Phi) is 5.85. The Labute approximate surface area is 158 Å². The third-order valence-electron chi connectivity index (χ3n) is 5.28. The molecule has 3 rings (SSSR count). The Morgan fingerprint density at radius 2 is 1.72 bits per heavy atom. The molecule has 7 heteroatoms. The zero-order chi connectivity index (χ0) is 18.0. The van der Waals surface area contributed by atoms with Crippen molar-refractivity contribution in [3.63, 3.8) is 0 Å². The molecule has 2 aliphatic heterocycles. The highest BCUT2D eigenvalue weighted by molar-refractivity contribution is 9.10. The van der Waals surface area contributed by atoms with Crippen LogP contribution in [0.3, 0.4) is 0 Å². The third-order valence-corrected chi connectivity index (χ3v) is 7.69. The van der Waals surface area contributed by atoms with E-state index in [1.807, 2.05) is 4.90 Å². The minimum Gasteiger partial charge on any atom is -0.342 e. The van der Waals surface area contributed by atoms with Crippen LogP contribution in [-0.4, -0.2) is 49.7 Å². The molecule has 0 N–H and O–H groups in total. The van der Waals surface area contributed by atoms with Gasteiger partial charge in [-0.15, -0.1) is 0 Å². The van der Waals surface area contributed by atoms with E-state index in [4.69, 9.17) is 0 Å². The number of sulfonamides is 1. The highest BCUT2D eigenvalue weighted by Crippen LogP contribution is 2.27. The Morgan fingerprint density at radius 1 is 1.08 bits per heavy atom. The first-order valence-corrected chi connectivity index (χ1v) is 11.2. The Morgan fingerprint density at radius 3 is 2.36 bits per heavy atom. The molecule has 1 amide bonds. The minimum atomic E-state index is -3.54. The second-order valence-corrected chi connectivity index (χ2v) is 10.0. The molecule has 2 heterocycles. The predicted molar refractivity (Wildman–Crippen MR) is 101 cm³/mol. The first kappa shape index (κ1) is 18.9. The lowest BCUT2D eigenvalue weighted by atomic mass is 9.94. The number of hydrogen-bond donors (Lipinski definition) is 0. The summed E-state index contributed by atoms with van der Waals surface area (Å²) in [7, 11) is -3.54. The normalized spacial score (nSPS) is 23.6. The van der Waals surface area contributed by atoms with Crippen LogP contribution in [0.25, 0.3) is 0 Å². The van der Waals surface area contributed by atoms with E-state index in [0.717, 1.165) is 43.2 Å². The molecule has 0 bridgehead atoms. The highest BCUT2D eigenvalue weighted by Gasteiger charge is 2.35. The molecule has 2 aliphatic rings.